The van der Waals surface area contributed by atoms with Crippen LogP contribution in [0.1, 0.15) is 28.1 Å². The zero-order chi connectivity index (χ0) is 24.6. The molecule has 4 aromatic rings. The van der Waals surface area contributed by atoms with Crippen molar-refractivity contribution in [2.45, 2.75) is 25.9 Å². The van der Waals surface area contributed by atoms with Gasteiger partial charge in [0, 0.05) is 5.56 Å². The van der Waals surface area contributed by atoms with E-state index in [1.807, 2.05) is 80.6 Å². The molecular formula is C27H24N4O4. The third kappa shape index (κ3) is 3.82. The van der Waals surface area contributed by atoms with Crippen molar-refractivity contribution >= 4 is 11.9 Å². The van der Waals surface area contributed by atoms with Crippen LogP contribution in [0, 0.1) is 13.8 Å². The number of hydrogen-bond donors (Lipinski definition) is 1. The van der Waals surface area contributed by atoms with Gasteiger partial charge in [-0.15, -0.1) is 0 Å². The Hall–Kier alpha value is -4.46. The Morgan fingerprint density at radius 2 is 1.74 bits per heavy atom. The van der Waals surface area contributed by atoms with E-state index in [1.165, 1.54) is 0 Å². The maximum Gasteiger partial charge on any atom is 0.326 e. The van der Waals surface area contributed by atoms with Crippen molar-refractivity contribution in [3.63, 3.8) is 0 Å². The lowest BCUT2D eigenvalue weighted by Gasteiger charge is -2.28. The number of hydrogen-bond acceptors (Lipinski definition) is 6. The number of aryl methyl sites for hydroxylation is 2. The minimum atomic E-state index is -1.35. The number of benzene rings is 3. The molecular weight excluding hydrogens is 444 g/mol. The third-order valence-corrected chi connectivity index (χ3v) is 6.34. The first-order chi connectivity index (χ1) is 16.9. The molecule has 8 nitrogen and oxygen atoms in total. The van der Waals surface area contributed by atoms with Gasteiger partial charge in [0.15, 0.2) is 5.54 Å². The van der Waals surface area contributed by atoms with Crippen molar-refractivity contribution in [3.8, 4) is 17.1 Å². The zero-order valence-electron chi connectivity index (χ0n) is 19.6. The van der Waals surface area contributed by atoms with Crippen molar-refractivity contribution in [1.29, 1.82) is 0 Å². The van der Waals surface area contributed by atoms with Gasteiger partial charge < -0.3 is 14.6 Å². The first kappa shape index (κ1) is 22.3. The van der Waals surface area contributed by atoms with E-state index in [0.29, 0.717) is 28.3 Å². The van der Waals surface area contributed by atoms with Gasteiger partial charge in [0.05, 0.1) is 7.11 Å². The minimum absolute atomic E-state index is 0.148. The second kappa shape index (κ2) is 8.72. The third-order valence-electron chi connectivity index (χ3n) is 6.34. The molecule has 0 saturated carbocycles. The van der Waals surface area contributed by atoms with E-state index >= 15 is 0 Å². The summed E-state index contributed by atoms with van der Waals surface area (Å²) in [5.74, 6) is 0.742. The fourth-order valence-corrected chi connectivity index (χ4v) is 4.27. The van der Waals surface area contributed by atoms with Gasteiger partial charge in [-0.25, -0.2) is 4.79 Å². The monoisotopic (exact) mass is 468 g/mol. The Morgan fingerprint density at radius 1 is 0.943 bits per heavy atom. The van der Waals surface area contributed by atoms with Gasteiger partial charge in [-0.1, -0.05) is 65.8 Å². The first-order valence-corrected chi connectivity index (χ1v) is 11.2. The van der Waals surface area contributed by atoms with Gasteiger partial charge in [0.2, 0.25) is 11.7 Å². The number of ether oxygens (including phenoxy) is 1. The maximum absolute atomic E-state index is 13.9. The van der Waals surface area contributed by atoms with Crippen molar-refractivity contribution in [3.05, 3.63) is 101 Å². The highest BCUT2D eigenvalue weighted by Crippen LogP contribution is 2.37. The summed E-state index contributed by atoms with van der Waals surface area (Å²) in [5, 5.41) is 6.97. The fraction of sp³-hybridized carbons (Fsp3) is 0.185. The number of aromatic nitrogens is 2. The molecule has 1 N–H and O–H groups in total. The summed E-state index contributed by atoms with van der Waals surface area (Å²) in [6.07, 6.45) is 0. The topological polar surface area (TPSA) is 97.6 Å². The lowest BCUT2D eigenvalue weighted by Crippen LogP contribution is -2.45. The highest BCUT2D eigenvalue weighted by molar-refractivity contribution is 6.09. The molecule has 1 aromatic heterocycles. The van der Waals surface area contributed by atoms with Crippen LogP contribution >= 0.6 is 0 Å². The standard InChI is InChI=1S/C27H24N4O4/c1-17-12-13-21(14-18(17)2)27(20-9-5-4-6-10-20)25(32)31(26(33)29-27)16-23-28-24(30-35-23)19-8-7-11-22(15-19)34-3/h4-15H,16H2,1-3H3,(H,29,33). The number of rotatable bonds is 6. The molecule has 1 fully saturated rings. The average Bonchev–Trinajstić information content (AvgIpc) is 3.45. The first-order valence-electron chi connectivity index (χ1n) is 11.2. The van der Waals surface area contributed by atoms with Crippen LogP contribution in [0.4, 0.5) is 4.79 Å². The molecule has 1 saturated heterocycles. The maximum atomic E-state index is 13.9. The number of imide groups is 1. The second-order valence-corrected chi connectivity index (χ2v) is 8.48. The molecule has 1 aliphatic rings. The molecule has 0 aliphatic carbocycles. The molecule has 0 spiro atoms. The van der Waals surface area contributed by atoms with Crippen LogP contribution in [0.25, 0.3) is 11.4 Å². The van der Waals surface area contributed by atoms with Gasteiger partial charge in [-0.2, -0.15) is 4.98 Å². The number of methoxy groups -OCH3 is 1. The van der Waals surface area contributed by atoms with E-state index in [1.54, 1.807) is 13.2 Å². The fourth-order valence-electron chi connectivity index (χ4n) is 4.27. The molecule has 0 radical (unpaired) electrons. The predicted molar refractivity (Wildman–Crippen MR) is 129 cm³/mol. The molecule has 3 aromatic carbocycles. The van der Waals surface area contributed by atoms with Crippen LogP contribution < -0.4 is 10.1 Å². The Labute approximate surface area is 202 Å². The van der Waals surface area contributed by atoms with Gasteiger partial charge >= 0.3 is 6.03 Å². The van der Waals surface area contributed by atoms with Crippen LogP contribution in [-0.4, -0.2) is 34.1 Å². The summed E-state index contributed by atoms with van der Waals surface area (Å²) < 4.78 is 10.6. The van der Waals surface area contributed by atoms with Gasteiger partial charge in [-0.3, -0.25) is 9.69 Å². The molecule has 176 valence electrons. The normalized spacial score (nSPS) is 17.5. The summed E-state index contributed by atoms with van der Waals surface area (Å²) in [7, 11) is 1.58. The number of nitrogens with one attached hydrogen (secondary N) is 1. The van der Waals surface area contributed by atoms with Gasteiger partial charge in [0.1, 0.15) is 12.3 Å². The molecule has 0 bridgehead atoms. The van der Waals surface area contributed by atoms with E-state index in [2.05, 4.69) is 15.5 Å². The predicted octanol–water partition coefficient (Wildman–Crippen LogP) is 4.36. The van der Waals surface area contributed by atoms with Crippen LogP contribution in [0.3, 0.4) is 0 Å². The van der Waals surface area contributed by atoms with E-state index in [0.717, 1.165) is 16.0 Å². The Morgan fingerprint density at radius 3 is 2.49 bits per heavy atom. The lowest BCUT2D eigenvalue weighted by molar-refractivity contribution is -0.130. The van der Waals surface area contributed by atoms with Crippen molar-refractivity contribution in [1.82, 2.24) is 20.4 Å². The van der Waals surface area contributed by atoms with Gasteiger partial charge in [0.25, 0.3) is 5.91 Å². The average molecular weight is 469 g/mol. The molecule has 1 aliphatic heterocycles. The van der Waals surface area contributed by atoms with E-state index < -0.39 is 17.5 Å². The Balaban J connectivity index is 1.50. The molecule has 3 amide bonds. The highest BCUT2D eigenvalue weighted by atomic mass is 16.5. The van der Waals surface area contributed by atoms with Gasteiger partial charge in [-0.05, 0) is 48.2 Å². The van der Waals surface area contributed by atoms with Crippen molar-refractivity contribution in [2.24, 2.45) is 0 Å². The summed E-state index contributed by atoms with van der Waals surface area (Å²) >= 11 is 0. The lowest BCUT2D eigenvalue weighted by atomic mass is 9.81. The largest absolute Gasteiger partial charge is 0.497 e. The van der Waals surface area contributed by atoms with Crippen LogP contribution in [0.5, 0.6) is 5.75 Å². The molecule has 1 atom stereocenters. The summed E-state index contributed by atoms with van der Waals surface area (Å²) in [6, 6.07) is 21.7. The quantitative estimate of drug-likeness (QED) is 0.423. The van der Waals surface area contributed by atoms with E-state index in [4.69, 9.17) is 9.26 Å². The minimum Gasteiger partial charge on any atom is -0.497 e. The summed E-state index contributed by atoms with van der Waals surface area (Å²) in [6.45, 7) is 3.83. The van der Waals surface area contributed by atoms with Crippen LogP contribution in [0.15, 0.2) is 77.3 Å². The number of nitrogens with zero attached hydrogens (tertiary/aromatic N) is 3. The van der Waals surface area contributed by atoms with Crippen molar-refractivity contribution in [2.75, 3.05) is 7.11 Å². The molecule has 2 heterocycles. The van der Waals surface area contributed by atoms with Crippen molar-refractivity contribution < 1.29 is 18.8 Å². The zero-order valence-corrected chi connectivity index (χ0v) is 19.6. The SMILES string of the molecule is COc1cccc(-c2noc(CN3C(=O)NC(c4ccccc4)(c4ccc(C)c(C)c4)C3=O)n2)c1. The van der Waals surface area contributed by atoms with Crippen LogP contribution in [-0.2, 0) is 16.9 Å². The Bertz CT molecular complexity index is 1420. The molecule has 8 heteroatoms. The van der Waals surface area contributed by atoms with E-state index in [9.17, 15) is 9.59 Å². The number of amides is 3. The number of carbonyl (C=O) groups excluding carboxylic acids is 2. The Kier molecular flexibility index (Phi) is 5.56. The summed E-state index contributed by atoms with van der Waals surface area (Å²) in [4.78, 5) is 32.6. The number of urea groups is 1. The number of carbonyl (C=O) groups is 2. The molecule has 35 heavy (non-hydrogen) atoms. The van der Waals surface area contributed by atoms with Crippen LogP contribution in [0.2, 0.25) is 0 Å². The van der Waals surface area contributed by atoms with E-state index in [-0.39, 0.29) is 12.4 Å². The molecule has 5 rings (SSSR count). The smallest absolute Gasteiger partial charge is 0.326 e. The second-order valence-electron chi connectivity index (χ2n) is 8.48. The highest BCUT2D eigenvalue weighted by Gasteiger charge is 2.54. The summed E-state index contributed by atoms with van der Waals surface area (Å²) in [5.41, 5.74) is 2.83. The molecule has 1 unspecified atom stereocenters.